The third-order valence-corrected chi connectivity index (χ3v) is 5.99. The molecule has 0 radical (unpaired) electrons. The van der Waals surface area contributed by atoms with Gasteiger partial charge in [0.05, 0.1) is 12.3 Å². The van der Waals surface area contributed by atoms with E-state index in [-0.39, 0.29) is 5.91 Å². The Morgan fingerprint density at radius 1 is 1.44 bits per heavy atom. The van der Waals surface area contributed by atoms with Gasteiger partial charge in [-0.2, -0.15) is 0 Å². The molecule has 6 nitrogen and oxygen atoms in total. The molecule has 0 unspecified atom stereocenters. The number of nitrogens with zero attached hydrogens (tertiary/aromatic N) is 3. The molecule has 3 heterocycles. The number of nitrogens with one attached hydrogen (secondary N) is 1. The van der Waals surface area contributed by atoms with Crippen LogP contribution >= 0.6 is 11.3 Å². The minimum atomic E-state index is -0.306. The SMILES string of the molecule is [C-]#[N+]c1ccccc1NC(=O)c1sc2nc3c(cc2c1N)CN(CC)CC3. The Hall–Kier alpha value is -2.95. The lowest BCUT2D eigenvalue weighted by molar-refractivity contribution is 0.103. The number of likely N-dealkylation sites (N-methyl/N-ethyl adjacent to an activating group) is 1. The maximum absolute atomic E-state index is 12.8. The first-order chi connectivity index (χ1) is 13.1. The topological polar surface area (TPSA) is 75.6 Å². The second-order valence-corrected chi connectivity index (χ2v) is 7.49. The van der Waals surface area contributed by atoms with Crippen molar-refractivity contribution in [3.63, 3.8) is 0 Å². The number of para-hydroxylation sites is 2. The van der Waals surface area contributed by atoms with Gasteiger partial charge in [0.2, 0.25) is 5.69 Å². The van der Waals surface area contributed by atoms with Gasteiger partial charge in [0.25, 0.3) is 5.91 Å². The second kappa shape index (κ2) is 6.99. The molecular weight excluding hydrogens is 358 g/mol. The van der Waals surface area contributed by atoms with Crippen LogP contribution in [0.1, 0.15) is 27.9 Å². The van der Waals surface area contributed by atoms with Crippen molar-refractivity contribution in [3.05, 3.63) is 57.9 Å². The summed E-state index contributed by atoms with van der Waals surface area (Å²) in [7, 11) is 0. The molecule has 136 valence electrons. The maximum atomic E-state index is 12.8. The number of thiophene rings is 1. The summed E-state index contributed by atoms with van der Waals surface area (Å²) in [4.78, 5) is 24.6. The van der Waals surface area contributed by atoms with E-state index < -0.39 is 0 Å². The molecule has 27 heavy (non-hydrogen) atoms. The number of nitrogen functional groups attached to an aromatic ring is 1. The van der Waals surface area contributed by atoms with E-state index in [4.69, 9.17) is 17.3 Å². The van der Waals surface area contributed by atoms with Crippen LogP contribution in [0.3, 0.4) is 0 Å². The highest BCUT2D eigenvalue weighted by molar-refractivity contribution is 7.21. The maximum Gasteiger partial charge on any atom is 0.266 e. The van der Waals surface area contributed by atoms with E-state index in [0.717, 1.165) is 42.0 Å². The van der Waals surface area contributed by atoms with Gasteiger partial charge in [0.15, 0.2) is 0 Å². The van der Waals surface area contributed by atoms with Gasteiger partial charge < -0.3 is 11.1 Å². The first-order valence-corrected chi connectivity index (χ1v) is 9.63. The van der Waals surface area contributed by atoms with Crippen molar-refractivity contribution < 1.29 is 4.79 Å². The zero-order valence-electron chi connectivity index (χ0n) is 15.0. The summed E-state index contributed by atoms with van der Waals surface area (Å²) in [6, 6.07) is 9.02. The predicted molar refractivity (Wildman–Crippen MR) is 109 cm³/mol. The third kappa shape index (κ3) is 3.14. The highest BCUT2D eigenvalue weighted by Gasteiger charge is 2.22. The molecule has 0 aliphatic carbocycles. The van der Waals surface area contributed by atoms with Gasteiger partial charge in [-0.05, 0) is 24.2 Å². The molecule has 4 rings (SSSR count). The number of hydrogen-bond acceptors (Lipinski definition) is 5. The lowest BCUT2D eigenvalue weighted by atomic mass is 10.0. The van der Waals surface area contributed by atoms with Crippen LogP contribution in [0.15, 0.2) is 30.3 Å². The molecule has 1 amide bonds. The Kier molecular flexibility index (Phi) is 4.52. The molecule has 0 saturated carbocycles. The molecule has 3 N–H and O–H groups in total. The van der Waals surface area contributed by atoms with Gasteiger partial charge in [-0.15, -0.1) is 11.3 Å². The molecule has 0 spiro atoms. The van der Waals surface area contributed by atoms with Gasteiger partial charge >= 0.3 is 0 Å². The zero-order valence-corrected chi connectivity index (χ0v) is 15.8. The number of benzene rings is 1. The van der Waals surface area contributed by atoms with Crippen LogP contribution in [-0.4, -0.2) is 28.9 Å². The standard InChI is InChI=1S/C20H19N5OS/c1-3-25-9-8-14-12(11-25)10-13-17(21)18(27-20(13)24-14)19(26)23-16-7-5-4-6-15(16)22-2/h4-7,10H,3,8-9,11,21H2,1H3,(H,23,26). The molecule has 0 bridgehead atoms. The summed E-state index contributed by atoms with van der Waals surface area (Å²) in [6.07, 6.45) is 0.914. The van der Waals surface area contributed by atoms with Crippen LogP contribution in [0.4, 0.5) is 17.1 Å². The lowest BCUT2D eigenvalue weighted by Crippen LogP contribution is -2.30. The molecule has 7 heteroatoms. The van der Waals surface area contributed by atoms with Gasteiger partial charge in [0.1, 0.15) is 9.71 Å². The van der Waals surface area contributed by atoms with Crippen molar-refractivity contribution >= 4 is 44.5 Å². The van der Waals surface area contributed by atoms with Crippen LogP contribution in [0.2, 0.25) is 0 Å². The van der Waals surface area contributed by atoms with Gasteiger partial charge in [-0.1, -0.05) is 25.1 Å². The van der Waals surface area contributed by atoms with Crippen LogP contribution in [-0.2, 0) is 13.0 Å². The summed E-state index contributed by atoms with van der Waals surface area (Å²) in [6.45, 7) is 12.3. The van der Waals surface area contributed by atoms with E-state index in [1.54, 1.807) is 24.3 Å². The van der Waals surface area contributed by atoms with Crippen LogP contribution in [0.5, 0.6) is 0 Å². The Labute approximate surface area is 161 Å². The number of aromatic nitrogens is 1. The number of nitrogens with two attached hydrogens (primary N) is 1. The van der Waals surface area contributed by atoms with E-state index in [2.05, 4.69) is 28.1 Å². The molecule has 1 aliphatic heterocycles. The van der Waals surface area contributed by atoms with Crippen LogP contribution < -0.4 is 11.1 Å². The number of anilines is 2. The normalized spacial score (nSPS) is 13.9. The molecular formula is C20H19N5OS. The summed E-state index contributed by atoms with van der Waals surface area (Å²) < 4.78 is 0. The third-order valence-electron chi connectivity index (χ3n) is 4.87. The summed E-state index contributed by atoms with van der Waals surface area (Å²) >= 11 is 1.30. The van der Waals surface area contributed by atoms with Crippen molar-refractivity contribution in [1.29, 1.82) is 0 Å². The quantitative estimate of drug-likeness (QED) is 0.675. The number of hydrogen-bond donors (Lipinski definition) is 2. The minimum Gasteiger partial charge on any atom is -0.397 e. The monoisotopic (exact) mass is 377 g/mol. The van der Waals surface area contributed by atoms with Crippen molar-refractivity contribution in [2.45, 2.75) is 19.9 Å². The lowest BCUT2D eigenvalue weighted by Gasteiger charge is -2.26. The molecule has 0 atom stereocenters. The Morgan fingerprint density at radius 2 is 2.26 bits per heavy atom. The van der Waals surface area contributed by atoms with Gasteiger partial charge in [-0.25, -0.2) is 9.83 Å². The van der Waals surface area contributed by atoms with E-state index in [0.29, 0.717) is 21.9 Å². The molecule has 1 aliphatic rings. The Balaban J connectivity index is 1.69. The smallest absolute Gasteiger partial charge is 0.266 e. The fourth-order valence-corrected chi connectivity index (χ4v) is 4.34. The largest absolute Gasteiger partial charge is 0.397 e. The number of carbonyl (C=O) groups is 1. The van der Waals surface area contributed by atoms with E-state index in [1.807, 2.05) is 0 Å². The molecule has 3 aromatic rings. The minimum absolute atomic E-state index is 0.306. The number of carbonyl (C=O) groups excluding carboxylic acids is 1. The van der Waals surface area contributed by atoms with E-state index >= 15 is 0 Å². The Morgan fingerprint density at radius 3 is 3.04 bits per heavy atom. The van der Waals surface area contributed by atoms with Crippen molar-refractivity contribution in [2.75, 3.05) is 24.1 Å². The van der Waals surface area contributed by atoms with Crippen molar-refractivity contribution in [3.8, 4) is 0 Å². The highest BCUT2D eigenvalue weighted by Crippen LogP contribution is 2.36. The summed E-state index contributed by atoms with van der Waals surface area (Å²) in [5.74, 6) is -0.306. The van der Waals surface area contributed by atoms with Crippen molar-refractivity contribution in [1.82, 2.24) is 9.88 Å². The van der Waals surface area contributed by atoms with Crippen LogP contribution in [0, 0.1) is 6.57 Å². The fraction of sp³-hybridized carbons (Fsp3) is 0.250. The number of pyridine rings is 1. The number of amides is 1. The Bertz CT molecular complexity index is 1080. The molecule has 0 saturated heterocycles. The van der Waals surface area contributed by atoms with E-state index in [1.165, 1.54) is 16.9 Å². The van der Waals surface area contributed by atoms with Gasteiger partial charge in [-0.3, -0.25) is 9.69 Å². The van der Waals surface area contributed by atoms with Crippen LogP contribution in [0.25, 0.3) is 15.1 Å². The van der Waals surface area contributed by atoms with Gasteiger partial charge in [0, 0.05) is 36.3 Å². The predicted octanol–water partition coefficient (Wildman–Crippen LogP) is 4.06. The first kappa shape index (κ1) is 17.5. The molecule has 2 aromatic heterocycles. The average molecular weight is 377 g/mol. The number of fused-ring (bicyclic) bond motifs is 2. The average Bonchev–Trinajstić information content (AvgIpc) is 3.02. The van der Waals surface area contributed by atoms with Crippen molar-refractivity contribution in [2.24, 2.45) is 0 Å². The van der Waals surface area contributed by atoms with E-state index in [9.17, 15) is 4.79 Å². The molecule has 1 aromatic carbocycles. The first-order valence-electron chi connectivity index (χ1n) is 8.81. The number of rotatable bonds is 3. The second-order valence-electron chi connectivity index (χ2n) is 6.49. The fourth-order valence-electron chi connectivity index (χ4n) is 3.35. The molecule has 0 fully saturated rings. The zero-order chi connectivity index (χ0) is 19.0. The summed E-state index contributed by atoms with van der Waals surface area (Å²) in [5.41, 5.74) is 9.92. The summed E-state index contributed by atoms with van der Waals surface area (Å²) in [5, 5.41) is 3.64. The highest BCUT2D eigenvalue weighted by atomic mass is 32.1.